The molecule has 1 amide bonds. The molecule has 3 heteroatoms. The first-order valence-corrected chi connectivity index (χ1v) is 6.98. The minimum atomic E-state index is 0.267. The van der Waals surface area contributed by atoms with Gasteiger partial charge in [-0.15, -0.1) is 0 Å². The molecule has 1 saturated heterocycles. The fraction of sp³-hybridized carbons (Fsp3) is 0.923. The largest absolute Gasteiger partial charge is 0.341 e. The molecule has 0 aromatic carbocycles. The molecular weight excluding hydrogens is 218 g/mol. The van der Waals surface area contributed by atoms with Crippen LogP contribution in [-0.4, -0.2) is 29.1 Å². The van der Waals surface area contributed by atoms with Gasteiger partial charge >= 0.3 is 0 Å². The maximum atomic E-state index is 11.8. The summed E-state index contributed by atoms with van der Waals surface area (Å²) in [5, 5.41) is 0.267. The molecule has 1 heterocycles. The van der Waals surface area contributed by atoms with E-state index in [0.717, 1.165) is 19.0 Å². The summed E-state index contributed by atoms with van der Waals surface area (Å²) in [6.45, 7) is 6.42. The normalized spacial score (nSPS) is 28.6. The Morgan fingerprint density at radius 3 is 2.56 bits per heavy atom. The van der Waals surface area contributed by atoms with Crippen LogP contribution in [0.3, 0.4) is 0 Å². The van der Waals surface area contributed by atoms with Crippen LogP contribution in [0.1, 0.15) is 46.0 Å². The molecule has 2 aliphatic rings. The summed E-state index contributed by atoms with van der Waals surface area (Å²) in [6, 6.07) is 0. The monoisotopic (exact) mass is 241 g/mol. The fourth-order valence-corrected chi connectivity index (χ4v) is 3.63. The highest BCUT2D eigenvalue weighted by atomic mass is 32.1. The molecule has 1 saturated carbocycles. The van der Waals surface area contributed by atoms with E-state index in [2.05, 4.69) is 31.4 Å². The second-order valence-corrected chi connectivity index (χ2v) is 6.81. The van der Waals surface area contributed by atoms with Crippen molar-refractivity contribution >= 4 is 18.5 Å². The summed E-state index contributed by atoms with van der Waals surface area (Å²) in [7, 11) is 0. The minimum absolute atomic E-state index is 0.267. The molecule has 1 aliphatic heterocycles. The third kappa shape index (κ3) is 2.55. The lowest BCUT2D eigenvalue weighted by Crippen LogP contribution is -2.43. The molecular formula is C13H23NOS. The van der Waals surface area contributed by atoms with Gasteiger partial charge < -0.3 is 4.90 Å². The number of likely N-dealkylation sites (tertiary alicyclic amines) is 1. The third-order valence-electron chi connectivity index (χ3n) is 3.98. The van der Waals surface area contributed by atoms with E-state index in [1.165, 1.54) is 25.7 Å². The van der Waals surface area contributed by atoms with Crippen molar-refractivity contribution in [3.05, 3.63) is 0 Å². The Morgan fingerprint density at radius 1 is 1.50 bits per heavy atom. The van der Waals surface area contributed by atoms with Gasteiger partial charge in [-0.3, -0.25) is 4.79 Å². The van der Waals surface area contributed by atoms with Crippen molar-refractivity contribution in [2.75, 3.05) is 13.1 Å². The van der Waals surface area contributed by atoms with Crippen molar-refractivity contribution in [2.45, 2.75) is 51.2 Å². The Kier molecular flexibility index (Phi) is 3.53. The zero-order valence-electron chi connectivity index (χ0n) is 10.4. The van der Waals surface area contributed by atoms with Crippen molar-refractivity contribution in [1.82, 2.24) is 4.90 Å². The van der Waals surface area contributed by atoms with Gasteiger partial charge in [0.15, 0.2) is 0 Å². The standard InChI is InChI=1S/C13H23NOS/c1-10(2)7-13(4-3-5-13)9-14-8-11(16)6-12(14)15/h10-11,16H,3-9H2,1-2H3. The van der Waals surface area contributed by atoms with E-state index in [1.807, 2.05) is 0 Å². The fourth-order valence-electron chi connectivity index (χ4n) is 3.28. The zero-order valence-corrected chi connectivity index (χ0v) is 11.3. The maximum absolute atomic E-state index is 11.8. The predicted molar refractivity (Wildman–Crippen MR) is 69.7 cm³/mol. The lowest BCUT2D eigenvalue weighted by atomic mass is 9.64. The van der Waals surface area contributed by atoms with Crippen LogP contribution in [-0.2, 0) is 4.79 Å². The van der Waals surface area contributed by atoms with Crippen LogP contribution < -0.4 is 0 Å². The number of rotatable bonds is 4. The van der Waals surface area contributed by atoms with Gasteiger partial charge in [0, 0.05) is 24.8 Å². The molecule has 1 unspecified atom stereocenters. The Morgan fingerprint density at radius 2 is 2.19 bits per heavy atom. The second-order valence-electron chi connectivity index (χ2n) is 6.08. The van der Waals surface area contributed by atoms with Crippen molar-refractivity contribution in [1.29, 1.82) is 0 Å². The molecule has 0 radical (unpaired) electrons. The zero-order chi connectivity index (χ0) is 11.8. The SMILES string of the molecule is CC(C)CC1(CN2CC(S)CC2=O)CCC1. The van der Waals surface area contributed by atoms with Crippen LogP contribution >= 0.6 is 12.6 Å². The number of hydrogen-bond donors (Lipinski definition) is 1. The number of amides is 1. The molecule has 16 heavy (non-hydrogen) atoms. The van der Waals surface area contributed by atoms with Crippen LogP contribution in [0, 0.1) is 11.3 Å². The number of nitrogens with zero attached hydrogens (tertiary/aromatic N) is 1. The van der Waals surface area contributed by atoms with E-state index in [-0.39, 0.29) is 5.25 Å². The first-order valence-electron chi connectivity index (χ1n) is 6.47. The van der Waals surface area contributed by atoms with Crippen LogP contribution in [0.2, 0.25) is 0 Å². The van der Waals surface area contributed by atoms with E-state index in [0.29, 0.717) is 17.7 Å². The maximum Gasteiger partial charge on any atom is 0.223 e. The second kappa shape index (κ2) is 4.59. The van der Waals surface area contributed by atoms with Gasteiger partial charge in [0.05, 0.1) is 0 Å². The van der Waals surface area contributed by atoms with E-state index >= 15 is 0 Å². The predicted octanol–water partition coefficient (Wildman–Crippen LogP) is 2.73. The number of carbonyl (C=O) groups excluding carboxylic acids is 1. The van der Waals surface area contributed by atoms with Crippen molar-refractivity contribution in [2.24, 2.45) is 11.3 Å². The average Bonchev–Trinajstić information content (AvgIpc) is 2.40. The summed E-state index contributed by atoms with van der Waals surface area (Å²) < 4.78 is 0. The topological polar surface area (TPSA) is 20.3 Å². The first kappa shape index (κ1) is 12.3. The molecule has 1 atom stereocenters. The Balaban J connectivity index is 1.94. The molecule has 0 aromatic heterocycles. The Bertz CT molecular complexity index is 273. The molecule has 0 aromatic rings. The first-order chi connectivity index (χ1) is 7.51. The van der Waals surface area contributed by atoms with E-state index < -0.39 is 0 Å². The summed E-state index contributed by atoms with van der Waals surface area (Å²) in [5.41, 5.74) is 0.446. The van der Waals surface area contributed by atoms with Crippen molar-refractivity contribution in [3.63, 3.8) is 0 Å². The number of thiol groups is 1. The number of hydrogen-bond acceptors (Lipinski definition) is 2. The Labute approximate surface area is 104 Å². The van der Waals surface area contributed by atoms with Crippen LogP contribution in [0.15, 0.2) is 0 Å². The molecule has 0 N–H and O–H groups in total. The van der Waals surface area contributed by atoms with Gasteiger partial charge in [-0.05, 0) is 30.6 Å². The molecule has 2 rings (SSSR count). The summed E-state index contributed by atoms with van der Waals surface area (Å²) in [4.78, 5) is 13.8. The van der Waals surface area contributed by atoms with Crippen molar-refractivity contribution < 1.29 is 4.79 Å². The van der Waals surface area contributed by atoms with Crippen LogP contribution in [0.25, 0.3) is 0 Å². The van der Waals surface area contributed by atoms with Gasteiger partial charge in [-0.1, -0.05) is 20.3 Å². The molecule has 92 valence electrons. The van der Waals surface area contributed by atoms with Gasteiger partial charge in [-0.25, -0.2) is 0 Å². The van der Waals surface area contributed by atoms with Crippen LogP contribution in [0.5, 0.6) is 0 Å². The number of carbonyl (C=O) groups is 1. The average molecular weight is 241 g/mol. The lowest BCUT2D eigenvalue weighted by molar-refractivity contribution is -0.130. The highest BCUT2D eigenvalue weighted by molar-refractivity contribution is 7.81. The quantitative estimate of drug-likeness (QED) is 0.750. The molecule has 1 aliphatic carbocycles. The van der Waals surface area contributed by atoms with Gasteiger partial charge in [-0.2, -0.15) is 12.6 Å². The molecule has 2 nitrogen and oxygen atoms in total. The molecule has 0 spiro atoms. The van der Waals surface area contributed by atoms with E-state index in [1.54, 1.807) is 0 Å². The highest BCUT2D eigenvalue weighted by Gasteiger charge is 2.41. The molecule has 2 fully saturated rings. The van der Waals surface area contributed by atoms with E-state index in [9.17, 15) is 4.79 Å². The summed E-state index contributed by atoms with van der Waals surface area (Å²) in [6.07, 6.45) is 5.88. The smallest absolute Gasteiger partial charge is 0.223 e. The van der Waals surface area contributed by atoms with Gasteiger partial charge in [0.1, 0.15) is 0 Å². The van der Waals surface area contributed by atoms with Gasteiger partial charge in [0.25, 0.3) is 0 Å². The third-order valence-corrected chi connectivity index (χ3v) is 4.32. The summed E-state index contributed by atoms with van der Waals surface area (Å²) >= 11 is 4.42. The minimum Gasteiger partial charge on any atom is -0.341 e. The van der Waals surface area contributed by atoms with E-state index in [4.69, 9.17) is 0 Å². The van der Waals surface area contributed by atoms with Crippen LogP contribution in [0.4, 0.5) is 0 Å². The molecule has 0 bridgehead atoms. The van der Waals surface area contributed by atoms with Gasteiger partial charge in [0.2, 0.25) is 5.91 Å². The Hall–Kier alpha value is -0.180. The van der Waals surface area contributed by atoms with Crippen molar-refractivity contribution in [3.8, 4) is 0 Å². The highest BCUT2D eigenvalue weighted by Crippen LogP contribution is 2.47. The lowest BCUT2D eigenvalue weighted by Gasteiger charge is -2.45. The summed E-state index contributed by atoms with van der Waals surface area (Å²) in [5.74, 6) is 1.06.